The van der Waals surface area contributed by atoms with Gasteiger partial charge in [0.15, 0.2) is 5.65 Å². The molecule has 0 unspecified atom stereocenters. The topological polar surface area (TPSA) is 43.1 Å². The first kappa shape index (κ1) is 8.16. The van der Waals surface area contributed by atoms with Crippen molar-refractivity contribution in [3.05, 3.63) is 23.9 Å². The van der Waals surface area contributed by atoms with Gasteiger partial charge in [0.2, 0.25) is 0 Å². The molecule has 0 N–H and O–H groups in total. The van der Waals surface area contributed by atoms with Crippen molar-refractivity contribution >= 4 is 5.65 Å². The van der Waals surface area contributed by atoms with Gasteiger partial charge in [-0.25, -0.2) is 14.5 Å². The number of aryl methyl sites for hydroxylation is 1. The average molecular weight is 176 g/mol. The van der Waals surface area contributed by atoms with Gasteiger partial charge < -0.3 is 0 Å². The Morgan fingerprint density at radius 2 is 2.15 bits per heavy atom. The van der Waals surface area contributed by atoms with Crippen molar-refractivity contribution in [2.45, 2.75) is 26.7 Å². The first-order chi connectivity index (χ1) is 6.20. The van der Waals surface area contributed by atoms with Crippen LogP contribution < -0.4 is 0 Å². The summed E-state index contributed by atoms with van der Waals surface area (Å²) in [5.41, 5.74) is 3.02. The van der Waals surface area contributed by atoms with E-state index in [0.29, 0.717) is 5.92 Å². The molecule has 2 aromatic rings. The van der Waals surface area contributed by atoms with Crippen LogP contribution in [0, 0.1) is 6.92 Å². The molecular formula is C9H12N4. The summed E-state index contributed by atoms with van der Waals surface area (Å²) >= 11 is 0. The standard InChI is InChI=1S/C9H12N4/c1-6(2)9-7(3)12-8-4-10-5-11-13(8)9/h4-6H,1-3H3. The molecule has 0 fully saturated rings. The van der Waals surface area contributed by atoms with E-state index in [2.05, 4.69) is 28.9 Å². The molecule has 0 radical (unpaired) electrons. The van der Waals surface area contributed by atoms with Gasteiger partial charge >= 0.3 is 0 Å². The summed E-state index contributed by atoms with van der Waals surface area (Å²) in [4.78, 5) is 8.30. The lowest BCUT2D eigenvalue weighted by molar-refractivity contribution is 0.744. The molecule has 0 spiro atoms. The molecule has 0 aliphatic rings. The van der Waals surface area contributed by atoms with Gasteiger partial charge in [0.25, 0.3) is 0 Å². The lowest BCUT2D eigenvalue weighted by Crippen LogP contribution is -2.00. The Morgan fingerprint density at radius 3 is 2.85 bits per heavy atom. The van der Waals surface area contributed by atoms with E-state index in [-0.39, 0.29) is 0 Å². The average Bonchev–Trinajstić information content (AvgIpc) is 2.39. The molecular weight excluding hydrogens is 164 g/mol. The fourth-order valence-corrected chi connectivity index (χ4v) is 1.60. The largest absolute Gasteiger partial charge is 0.239 e. The number of fused-ring (bicyclic) bond motifs is 1. The molecule has 0 bridgehead atoms. The van der Waals surface area contributed by atoms with E-state index >= 15 is 0 Å². The Labute approximate surface area is 76.6 Å². The van der Waals surface area contributed by atoms with E-state index in [1.54, 1.807) is 12.5 Å². The van der Waals surface area contributed by atoms with Crippen molar-refractivity contribution in [3.8, 4) is 0 Å². The number of rotatable bonds is 1. The van der Waals surface area contributed by atoms with Crippen LogP contribution in [0.25, 0.3) is 5.65 Å². The van der Waals surface area contributed by atoms with Gasteiger partial charge in [-0.05, 0) is 12.8 Å². The predicted octanol–water partition coefficient (Wildman–Crippen LogP) is 1.56. The predicted molar refractivity (Wildman–Crippen MR) is 49.6 cm³/mol. The van der Waals surface area contributed by atoms with Crippen LogP contribution in [0.2, 0.25) is 0 Å². The molecule has 0 aliphatic heterocycles. The molecule has 13 heavy (non-hydrogen) atoms. The van der Waals surface area contributed by atoms with Crippen LogP contribution in [0.1, 0.15) is 31.2 Å². The third kappa shape index (κ3) is 1.18. The second-order valence-corrected chi connectivity index (χ2v) is 3.42. The van der Waals surface area contributed by atoms with Crippen LogP contribution in [0.3, 0.4) is 0 Å². The fourth-order valence-electron chi connectivity index (χ4n) is 1.60. The summed E-state index contributed by atoms with van der Waals surface area (Å²) in [5.74, 6) is 0.435. The summed E-state index contributed by atoms with van der Waals surface area (Å²) in [7, 11) is 0. The third-order valence-electron chi connectivity index (χ3n) is 2.07. The van der Waals surface area contributed by atoms with Crippen molar-refractivity contribution in [2.75, 3.05) is 0 Å². The zero-order valence-corrected chi connectivity index (χ0v) is 8.02. The number of hydrogen-bond donors (Lipinski definition) is 0. The molecule has 4 nitrogen and oxygen atoms in total. The number of hydrogen-bond acceptors (Lipinski definition) is 3. The van der Waals surface area contributed by atoms with Crippen molar-refractivity contribution in [2.24, 2.45) is 0 Å². The van der Waals surface area contributed by atoms with Crippen molar-refractivity contribution in [1.29, 1.82) is 0 Å². The third-order valence-corrected chi connectivity index (χ3v) is 2.07. The van der Waals surface area contributed by atoms with Gasteiger partial charge in [0, 0.05) is 0 Å². The smallest absolute Gasteiger partial charge is 0.172 e. The summed E-state index contributed by atoms with van der Waals surface area (Å²) in [6, 6.07) is 0. The van der Waals surface area contributed by atoms with Gasteiger partial charge in [-0.3, -0.25) is 0 Å². The van der Waals surface area contributed by atoms with E-state index < -0.39 is 0 Å². The lowest BCUT2D eigenvalue weighted by atomic mass is 10.1. The number of aromatic nitrogens is 4. The second kappa shape index (κ2) is 2.80. The quantitative estimate of drug-likeness (QED) is 0.662. The zero-order chi connectivity index (χ0) is 9.42. The molecule has 2 rings (SSSR count). The Bertz CT molecular complexity index is 430. The van der Waals surface area contributed by atoms with E-state index in [9.17, 15) is 0 Å². The van der Waals surface area contributed by atoms with E-state index in [1.807, 2.05) is 11.4 Å². The highest BCUT2D eigenvalue weighted by molar-refractivity contribution is 5.39. The Hall–Kier alpha value is -1.45. The molecule has 2 aromatic heterocycles. The van der Waals surface area contributed by atoms with Gasteiger partial charge in [-0.1, -0.05) is 13.8 Å². The number of imidazole rings is 1. The summed E-state index contributed by atoms with van der Waals surface area (Å²) in [5, 5.41) is 4.17. The minimum Gasteiger partial charge on any atom is -0.239 e. The van der Waals surface area contributed by atoms with Crippen molar-refractivity contribution in [1.82, 2.24) is 19.6 Å². The normalized spacial score (nSPS) is 11.4. The summed E-state index contributed by atoms with van der Waals surface area (Å²) in [6.45, 7) is 6.28. The highest BCUT2D eigenvalue weighted by Crippen LogP contribution is 2.18. The molecule has 2 heterocycles. The van der Waals surface area contributed by atoms with Gasteiger partial charge in [0.05, 0.1) is 17.6 Å². The Morgan fingerprint density at radius 1 is 1.38 bits per heavy atom. The molecule has 0 amide bonds. The van der Waals surface area contributed by atoms with E-state index in [0.717, 1.165) is 17.0 Å². The SMILES string of the molecule is Cc1nc2cncnn2c1C(C)C. The lowest BCUT2D eigenvalue weighted by Gasteiger charge is -2.03. The first-order valence-corrected chi connectivity index (χ1v) is 4.35. The van der Waals surface area contributed by atoms with Crippen molar-refractivity contribution in [3.63, 3.8) is 0 Å². The molecule has 0 atom stereocenters. The maximum absolute atomic E-state index is 4.37. The zero-order valence-electron chi connectivity index (χ0n) is 8.02. The summed E-state index contributed by atoms with van der Waals surface area (Å²) < 4.78 is 1.85. The van der Waals surface area contributed by atoms with Gasteiger partial charge in [-0.15, -0.1) is 0 Å². The number of nitrogens with zero attached hydrogens (tertiary/aromatic N) is 4. The molecule has 68 valence electrons. The molecule has 0 aliphatic carbocycles. The van der Waals surface area contributed by atoms with Crippen LogP contribution in [-0.4, -0.2) is 19.6 Å². The maximum atomic E-state index is 4.37. The van der Waals surface area contributed by atoms with Crippen molar-refractivity contribution < 1.29 is 0 Å². The van der Waals surface area contributed by atoms with Crippen LogP contribution in [0.5, 0.6) is 0 Å². The van der Waals surface area contributed by atoms with Gasteiger partial charge in [-0.2, -0.15) is 5.10 Å². The molecule has 4 heteroatoms. The molecule has 0 aromatic carbocycles. The van der Waals surface area contributed by atoms with Gasteiger partial charge in [0.1, 0.15) is 6.33 Å². The minimum atomic E-state index is 0.435. The second-order valence-electron chi connectivity index (χ2n) is 3.42. The summed E-state index contributed by atoms with van der Waals surface area (Å²) in [6.07, 6.45) is 3.27. The highest BCUT2D eigenvalue weighted by atomic mass is 15.3. The minimum absolute atomic E-state index is 0.435. The molecule has 0 saturated heterocycles. The monoisotopic (exact) mass is 176 g/mol. The van der Waals surface area contributed by atoms with E-state index in [1.165, 1.54) is 0 Å². The highest BCUT2D eigenvalue weighted by Gasteiger charge is 2.12. The molecule has 0 saturated carbocycles. The first-order valence-electron chi connectivity index (χ1n) is 4.35. The van der Waals surface area contributed by atoms with Crippen LogP contribution in [-0.2, 0) is 0 Å². The van der Waals surface area contributed by atoms with E-state index in [4.69, 9.17) is 0 Å². The Balaban J connectivity index is 2.78. The van der Waals surface area contributed by atoms with Crippen LogP contribution >= 0.6 is 0 Å². The fraction of sp³-hybridized carbons (Fsp3) is 0.444. The maximum Gasteiger partial charge on any atom is 0.172 e. The van der Waals surface area contributed by atoms with Crippen LogP contribution in [0.15, 0.2) is 12.5 Å². The Kier molecular flexibility index (Phi) is 1.76. The van der Waals surface area contributed by atoms with Crippen LogP contribution in [0.4, 0.5) is 0 Å².